The summed E-state index contributed by atoms with van der Waals surface area (Å²) in [6.07, 6.45) is 2.65. The molecule has 0 fully saturated rings. The highest BCUT2D eigenvalue weighted by Gasteiger charge is 2.11. The average molecular weight is 535 g/mol. The number of hydrogen-bond donors (Lipinski definition) is 2. The molecule has 3 rings (SSSR count). The molecule has 3 aromatic rings. The predicted molar refractivity (Wildman–Crippen MR) is 136 cm³/mol. The summed E-state index contributed by atoms with van der Waals surface area (Å²) < 4.78 is 10.8. The Kier molecular flexibility index (Phi) is 9.64. The summed E-state index contributed by atoms with van der Waals surface area (Å²) in [4.78, 5) is 14.3. The van der Waals surface area contributed by atoms with Crippen LogP contribution in [0, 0.1) is 0 Å². The van der Waals surface area contributed by atoms with Gasteiger partial charge < -0.3 is 24.7 Å². The van der Waals surface area contributed by atoms with Gasteiger partial charge in [0.25, 0.3) is 0 Å². The lowest BCUT2D eigenvalue weighted by atomic mass is 10.1. The van der Waals surface area contributed by atoms with E-state index in [9.17, 15) is 0 Å². The fraction of sp³-hybridized carbons (Fsp3) is 0.304. The first kappa shape index (κ1) is 24.5. The number of hydrogen-bond acceptors (Lipinski definition) is 4. The Morgan fingerprint density at radius 1 is 1.13 bits per heavy atom. The molecule has 0 unspecified atom stereocenters. The van der Waals surface area contributed by atoms with Gasteiger partial charge in [-0.1, -0.05) is 30.3 Å². The molecule has 0 saturated carbocycles. The van der Waals surface area contributed by atoms with Crippen LogP contribution in [0.15, 0.2) is 59.7 Å². The van der Waals surface area contributed by atoms with Gasteiger partial charge in [-0.2, -0.15) is 0 Å². The van der Waals surface area contributed by atoms with Crippen molar-refractivity contribution in [3.8, 4) is 22.8 Å². The molecule has 0 spiro atoms. The number of rotatable bonds is 8. The standard InChI is InChI=1S/C23H29N5O2.HI/c1-24-23(25-13-12-18-14-19(29-3)10-11-21(18)30-4)28(2)16-22-26-15-20(27-22)17-8-6-5-7-9-17;/h5-11,14-15H,12-13,16H2,1-4H3,(H,24,25)(H,26,27);1H. The number of aromatic nitrogens is 2. The number of H-pyrrole nitrogens is 1. The van der Waals surface area contributed by atoms with E-state index >= 15 is 0 Å². The average Bonchev–Trinajstić information content (AvgIpc) is 3.25. The topological polar surface area (TPSA) is 74.8 Å². The largest absolute Gasteiger partial charge is 0.497 e. The first-order valence-corrected chi connectivity index (χ1v) is 9.86. The van der Waals surface area contributed by atoms with Gasteiger partial charge in [0.15, 0.2) is 5.96 Å². The van der Waals surface area contributed by atoms with Crippen LogP contribution in [-0.4, -0.2) is 55.7 Å². The van der Waals surface area contributed by atoms with Gasteiger partial charge in [0.05, 0.1) is 32.7 Å². The summed E-state index contributed by atoms with van der Waals surface area (Å²) in [5, 5.41) is 3.40. The summed E-state index contributed by atoms with van der Waals surface area (Å²) in [6, 6.07) is 16.0. The van der Waals surface area contributed by atoms with Crippen LogP contribution in [0.4, 0.5) is 0 Å². The molecule has 8 heteroatoms. The van der Waals surface area contributed by atoms with Crippen molar-refractivity contribution in [2.45, 2.75) is 13.0 Å². The molecular weight excluding hydrogens is 505 g/mol. The molecule has 0 bridgehead atoms. The molecule has 166 valence electrons. The van der Waals surface area contributed by atoms with Gasteiger partial charge >= 0.3 is 0 Å². The van der Waals surface area contributed by atoms with E-state index in [-0.39, 0.29) is 24.0 Å². The zero-order valence-corrected chi connectivity index (χ0v) is 20.7. The number of ether oxygens (including phenoxy) is 2. The second-order valence-corrected chi connectivity index (χ2v) is 6.87. The molecule has 0 amide bonds. The fourth-order valence-electron chi connectivity index (χ4n) is 3.28. The number of methoxy groups -OCH3 is 2. The molecule has 0 aliphatic rings. The van der Waals surface area contributed by atoms with Gasteiger partial charge in [0.1, 0.15) is 17.3 Å². The number of nitrogens with one attached hydrogen (secondary N) is 2. The Morgan fingerprint density at radius 2 is 1.90 bits per heavy atom. The molecule has 2 N–H and O–H groups in total. The second kappa shape index (κ2) is 12.2. The number of benzene rings is 2. The fourth-order valence-corrected chi connectivity index (χ4v) is 3.28. The maximum atomic E-state index is 5.46. The molecule has 0 radical (unpaired) electrons. The van der Waals surface area contributed by atoms with Crippen molar-refractivity contribution in [3.05, 3.63) is 66.1 Å². The normalized spacial score (nSPS) is 10.9. The number of imidazole rings is 1. The van der Waals surface area contributed by atoms with Crippen LogP contribution in [0.25, 0.3) is 11.3 Å². The van der Waals surface area contributed by atoms with Crippen molar-refractivity contribution in [2.75, 3.05) is 34.9 Å². The molecule has 31 heavy (non-hydrogen) atoms. The van der Waals surface area contributed by atoms with Crippen LogP contribution in [-0.2, 0) is 13.0 Å². The third-order valence-electron chi connectivity index (χ3n) is 4.84. The lowest BCUT2D eigenvalue weighted by molar-refractivity contribution is 0.398. The summed E-state index contributed by atoms with van der Waals surface area (Å²) in [6.45, 7) is 1.34. The smallest absolute Gasteiger partial charge is 0.193 e. The summed E-state index contributed by atoms with van der Waals surface area (Å²) >= 11 is 0. The summed E-state index contributed by atoms with van der Waals surface area (Å²) in [5.41, 5.74) is 3.21. The number of guanidine groups is 1. The zero-order valence-electron chi connectivity index (χ0n) is 18.4. The molecular formula is C23H30IN5O2. The molecule has 1 aromatic heterocycles. The summed E-state index contributed by atoms with van der Waals surface area (Å²) in [5.74, 6) is 3.35. The van der Waals surface area contributed by atoms with Crippen molar-refractivity contribution in [3.63, 3.8) is 0 Å². The maximum Gasteiger partial charge on any atom is 0.193 e. The maximum absolute atomic E-state index is 5.46. The number of aromatic amines is 1. The number of nitrogens with zero attached hydrogens (tertiary/aromatic N) is 3. The third-order valence-corrected chi connectivity index (χ3v) is 4.84. The molecule has 2 aromatic carbocycles. The van der Waals surface area contributed by atoms with Gasteiger partial charge in [0, 0.05) is 20.6 Å². The van der Waals surface area contributed by atoms with E-state index in [1.165, 1.54) is 0 Å². The minimum Gasteiger partial charge on any atom is -0.497 e. The van der Waals surface area contributed by atoms with Gasteiger partial charge in [-0.05, 0) is 35.7 Å². The van der Waals surface area contributed by atoms with Gasteiger partial charge in [-0.15, -0.1) is 24.0 Å². The highest BCUT2D eigenvalue weighted by Crippen LogP contribution is 2.24. The Balaban J connectivity index is 0.00000341. The monoisotopic (exact) mass is 535 g/mol. The Labute approximate surface area is 200 Å². The van der Waals surface area contributed by atoms with E-state index in [0.29, 0.717) is 13.1 Å². The molecule has 7 nitrogen and oxygen atoms in total. The van der Waals surface area contributed by atoms with Crippen LogP contribution in [0.3, 0.4) is 0 Å². The minimum absolute atomic E-state index is 0. The van der Waals surface area contributed by atoms with E-state index in [1.54, 1.807) is 21.3 Å². The van der Waals surface area contributed by atoms with Crippen LogP contribution in [0.2, 0.25) is 0 Å². The summed E-state index contributed by atoms with van der Waals surface area (Å²) in [7, 11) is 7.12. The van der Waals surface area contributed by atoms with Crippen molar-refractivity contribution >= 4 is 29.9 Å². The highest BCUT2D eigenvalue weighted by atomic mass is 127. The van der Waals surface area contributed by atoms with E-state index in [1.807, 2.05) is 54.5 Å². The molecule has 0 aliphatic carbocycles. The first-order chi connectivity index (χ1) is 14.6. The quantitative estimate of drug-likeness (QED) is 0.260. The van der Waals surface area contributed by atoms with Crippen molar-refractivity contribution in [2.24, 2.45) is 4.99 Å². The predicted octanol–water partition coefficient (Wildman–Crippen LogP) is 3.96. The van der Waals surface area contributed by atoms with Crippen molar-refractivity contribution in [1.82, 2.24) is 20.2 Å². The molecule has 0 aliphatic heterocycles. The van der Waals surface area contributed by atoms with E-state index in [4.69, 9.17) is 9.47 Å². The SMILES string of the molecule is CN=C(NCCc1cc(OC)ccc1OC)N(C)Cc1ncc(-c2ccccc2)[nH]1.I. The van der Waals surface area contributed by atoms with E-state index in [2.05, 4.69) is 32.4 Å². The Bertz CT molecular complexity index is 975. The minimum atomic E-state index is 0. The van der Waals surface area contributed by atoms with Crippen LogP contribution in [0.5, 0.6) is 11.5 Å². The third kappa shape index (κ3) is 6.61. The highest BCUT2D eigenvalue weighted by molar-refractivity contribution is 14.0. The van der Waals surface area contributed by atoms with E-state index < -0.39 is 0 Å². The number of aliphatic imine (C=N–C) groups is 1. The molecule has 1 heterocycles. The Morgan fingerprint density at radius 3 is 2.58 bits per heavy atom. The van der Waals surface area contributed by atoms with Crippen LogP contribution < -0.4 is 14.8 Å². The van der Waals surface area contributed by atoms with Crippen LogP contribution >= 0.6 is 24.0 Å². The van der Waals surface area contributed by atoms with Gasteiger partial charge in [-0.3, -0.25) is 4.99 Å². The first-order valence-electron chi connectivity index (χ1n) is 9.86. The second-order valence-electron chi connectivity index (χ2n) is 6.87. The zero-order chi connectivity index (χ0) is 21.3. The van der Waals surface area contributed by atoms with Gasteiger partial charge in [-0.25, -0.2) is 4.98 Å². The van der Waals surface area contributed by atoms with Crippen molar-refractivity contribution in [1.29, 1.82) is 0 Å². The van der Waals surface area contributed by atoms with Gasteiger partial charge in [0.2, 0.25) is 0 Å². The lowest BCUT2D eigenvalue weighted by Crippen LogP contribution is -2.39. The Hall–Kier alpha value is -2.75. The van der Waals surface area contributed by atoms with Crippen molar-refractivity contribution < 1.29 is 9.47 Å². The molecule has 0 atom stereocenters. The van der Waals surface area contributed by atoms with E-state index in [0.717, 1.165) is 46.5 Å². The molecule has 0 saturated heterocycles. The number of halogens is 1. The van der Waals surface area contributed by atoms with Crippen LogP contribution in [0.1, 0.15) is 11.4 Å². The lowest BCUT2D eigenvalue weighted by Gasteiger charge is -2.21.